The van der Waals surface area contributed by atoms with E-state index in [1.165, 1.54) is 6.92 Å². The molecule has 0 aromatic heterocycles. The molecule has 0 aliphatic carbocycles. The van der Waals surface area contributed by atoms with Gasteiger partial charge in [0, 0.05) is 5.70 Å². The van der Waals surface area contributed by atoms with Crippen LogP contribution in [0.25, 0.3) is 0 Å². The molecule has 0 fully saturated rings. The van der Waals surface area contributed by atoms with E-state index in [0.717, 1.165) is 5.01 Å². The minimum atomic E-state index is -1.18. The Labute approximate surface area is 99.0 Å². The van der Waals surface area contributed by atoms with Gasteiger partial charge in [0.15, 0.2) is 5.70 Å². The zero-order valence-electron chi connectivity index (χ0n) is 9.68. The van der Waals surface area contributed by atoms with E-state index in [4.69, 9.17) is 21.4 Å². The molecule has 0 atom stereocenters. The lowest BCUT2D eigenvalue weighted by Crippen LogP contribution is -2.35. The molecule has 1 aromatic rings. The predicted octanol–water partition coefficient (Wildman–Crippen LogP) is 0.650. The van der Waals surface area contributed by atoms with E-state index in [0.29, 0.717) is 11.4 Å². The second-order valence-corrected chi connectivity index (χ2v) is 3.40. The van der Waals surface area contributed by atoms with Gasteiger partial charge >= 0.3 is 5.97 Å². The highest BCUT2D eigenvalue weighted by molar-refractivity contribution is 5.91. The lowest BCUT2D eigenvalue weighted by molar-refractivity contribution is -0.132. The van der Waals surface area contributed by atoms with Crippen LogP contribution in [0.1, 0.15) is 6.92 Å². The van der Waals surface area contributed by atoms with Crippen LogP contribution in [0.4, 0.5) is 5.69 Å². The van der Waals surface area contributed by atoms with E-state index < -0.39 is 5.97 Å². The SMILES string of the molecule is COc1ccc(N(N)/C(C(=O)O)=C(/C)N)cc1. The Balaban J connectivity index is 3.06. The molecule has 0 bridgehead atoms. The Morgan fingerprint density at radius 1 is 1.35 bits per heavy atom. The number of benzene rings is 1. The van der Waals surface area contributed by atoms with Gasteiger partial charge in [0.2, 0.25) is 0 Å². The zero-order chi connectivity index (χ0) is 13.0. The molecule has 0 saturated carbocycles. The number of allylic oxidation sites excluding steroid dienone is 1. The van der Waals surface area contributed by atoms with E-state index >= 15 is 0 Å². The Hall–Kier alpha value is -2.21. The number of rotatable bonds is 4. The molecule has 92 valence electrons. The quantitative estimate of drug-likeness (QED) is 0.403. The van der Waals surface area contributed by atoms with E-state index in [9.17, 15) is 4.79 Å². The van der Waals surface area contributed by atoms with Crippen molar-refractivity contribution in [3.63, 3.8) is 0 Å². The molecule has 0 unspecified atom stereocenters. The third kappa shape index (κ3) is 2.88. The highest BCUT2D eigenvalue weighted by Crippen LogP contribution is 2.20. The first-order valence-corrected chi connectivity index (χ1v) is 4.86. The minimum absolute atomic E-state index is 0.135. The van der Waals surface area contributed by atoms with Crippen LogP contribution in [0.5, 0.6) is 5.75 Å². The third-order valence-corrected chi connectivity index (χ3v) is 2.17. The van der Waals surface area contributed by atoms with Crippen LogP contribution >= 0.6 is 0 Å². The van der Waals surface area contributed by atoms with Gasteiger partial charge in [-0.1, -0.05) is 0 Å². The van der Waals surface area contributed by atoms with Crippen LogP contribution in [0.15, 0.2) is 35.7 Å². The maximum atomic E-state index is 11.0. The average Bonchev–Trinajstić information content (AvgIpc) is 2.28. The fraction of sp³-hybridized carbons (Fsp3) is 0.182. The topological polar surface area (TPSA) is 102 Å². The van der Waals surface area contributed by atoms with Crippen molar-refractivity contribution in [2.75, 3.05) is 12.1 Å². The smallest absolute Gasteiger partial charge is 0.355 e. The number of hydrazine groups is 1. The molecular formula is C11H15N3O3. The molecular weight excluding hydrogens is 222 g/mol. The summed E-state index contributed by atoms with van der Waals surface area (Å²) in [6.45, 7) is 1.48. The van der Waals surface area contributed by atoms with Gasteiger partial charge in [-0.3, -0.25) is 5.01 Å². The largest absolute Gasteiger partial charge is 0.497 e. The van der Waals surface area contributed by atoms with Gasteiger partial charge in [-0.2, -0.15) is 0 Å². The normalized spacial score (nSPS) is 11.7. The van der Waals surface area contributed by atoms with Crippen LogP contribution in [-0.4, -0.2) is 18.2 Å². The van der Waals surface area contributed by atoms with Crippen molar-refractivity contribution in [2.24, 2.45) is 11.6 Å². The van der Waals surface area contributed by atoms with Gasteiger partial charge < -0.3 is 15.6 Å². The van der Waals surface area contributed by atoms with E-state index in [1.807, 2.05) is 0 Å². The molecule has 0 aliphatic heterocycles. The van der Waals surface area contributed by atoms with Crippen LogP contribution in [0, 0.1) is 0 Å². The van der Waals surface area contributed by atoms with Gasteiger partial charge in [0.25, 0.3) is 0 Å². The van der Waals surface area contributed by atoms with E-state index in [2.05, 4.69) is 0 Å². The standard InChI is InChI=1S/C11H15N3O3/c1-7(12)10(11(15)16)14(13)8-3-5-9(17-2)6-4-8/h3-6H,12-13H2,1-2H3,(H,15,16)/b10-7-. The van der Waals surface area contributed by atoms with Crippen molar-refractivity contribution in [3.8, 4) is 5.75 Å². The average molecular weight is 237 g/mol. The Kier molecular flexibility index (Phi) is 3.95. The first kappa shape index (κ1) is 12.9. The lowest BCUT2D eigenvalue weighted by Gasteiger charge is -2.20. The Morgan fingerprint density at radius 2 is 1.88 bits per heavy atom. The monoisotopic (exact) mass is 237 g/mol. The number of hydrogen-bond acceptors (Lipinski definition) is 5. The minimum Gasteiger partial charge on any atom is -0.497 e. The fourth-order valence-electron chi connectivity index (χ4n) is 1.33. The third-order valence-electron chi connectivity index (χ3n) is 2.17. The van der Waals surface area contributed by atoms with Crippen molar-refractivity contribution >= 4 is 11.7 Å². The van der Waals surface area contributed by atoms with Crippen molar-refractivity contribution in [3.05, 3.63) is 35.7 Å². The summed E-state index contributed by atoms with van der Waals surface area (Å²) in [5.41, 5.74) is 5.97. The number of nitrogens with two attached hydrogens (primary N) is 2. The summed E-state index contributed by atoms with van der Waals surface area (Å²) < 4.78 is 4.99. The molecule has 0 aliphatic rings. The lowest BCUT2D eigenvalue weighted by atomic mass is 10.2. The molecule has 0 saturated heterocycles. The van der Waals surface area contributed by atoms with Crippen LogP contribution in [-0.2, 0) is 4.79 Å². The molecule has 5 N–H and O–H groups in total. The Bertz CT molecular complexity index is 436. The maximum Gasteiger partial charge on any atom is 0.355 e. The summed E-state index contributed by atoms with van der Waals surface area (Å²) in [6.07, 6.45) is 0. The summed E-state index contributed by atoms with van der Waals surface area (Å²) in [7, 11) is 1.54. The molecule has 0 spiro atoms. The summed E-state index contributed by atoms with van der Waals surface area (Å²) >= 11 is 0. The summed E-state index contributed by atoms with van der Waals surface area (Å²) in [6, 6.07) is 6.65. The molecule has 0 amide bonds. The van der Waals surface area contributed by atoms with Gasteiger partial charge in [-0.05, 0) is 31.2 Å². The van der Waals surface area contributed by atoms with Crippen LogP contribution in [0.2, 0.25) is 0 Å². The number of carboxylic acids is 1. The number of nitrogens with zero attached hydrogens (tertiary/aromatic N) is 1. The number of carbonyl (C=O) groups is 1. The number of methoxy groups -OCH3 is 1. The number of ether oxygens (including phenoxy) is 1. The van der Waals surface area contributed by atoms with Crippen molar-refractivity contribution in [2.45, 2.75) is 6.92 Å². The highest BCUT2D eigenvalue weighted by atomic mass is 16.5. The van der Waals surface area contributed by atoms with Crippen LogP contribution in [0.3, 0.4) is 0 Å². The zero-order valence-corrected chi connectivity index (χ0v) is 9.68. The summed E-state index contributed by atoms with van der Waals surface area (Å²) in [4.78, 5) is 11.0. The van der Waals surface area contributed by atoms with Gasteiger partial charge in [0.1, 0.15) is 5.75 Å². The molecule has 0 heterocycles. The number of hydrogen-bond donors (Lipinski definition) is 3. The first-order valence-electron chi connectivity index (χ1n) is 4.86. The van der Waals surface area contributed by atoms with E-state index in [-0.39, 0.29) is 11.4 Å². The number of carboxylic acid groups (broad SMARTS) is 1. The maximum absolute atomic E-state index is 11.0. The van der Waals surface area contributed by atoms with Crippen molar-refractivity contribution < 1.29 is 14.6 Å². The fourth-order valence-corrected chi connectivity index (χ4v) is 1.33. The molecule has 17 heavy (non-hydrogen) atoms. The van der Waals surface area contributed by atoms with Gasteiger partial charge in [-0.15, -0.1) is 0 Å². The van der Waals surface area contributed by atoms with E-state index in [1.54, 1.807) is 31.4 Å². The second kappa shape index (κ2) is 5.22. The second-order valence-electron chi connectivity index (χ2n) is 3.40. The first-order chi connectivity index (χ1) is 7.97. The molecule has 1 rings (SSSR count). The van der Waals surface area contributed by atoms with Crippen molar-refractivity contribution in [1.29, 1.82) is 0 Å². The number of aliphatic carboxylic acids is 1. The molecule has 6 nitrogen and oxygen atoms in total. The van der Waals surface area contributed by atoms with Gasteiger partial charge in [0.05, 0.1) is 12.8 Å². The molecule has 6 heteroatoms. The van der Waals surface area contributed by atoms with Crippen molar-refractivity contribution in [1.82, 2.24) is 0 Å². The predicted molar refractivity (Wildman–Crippen MR) is 64.2 cm³/mol. The van der Waals surface area contributed by atoms with Gasteiger partial charge in [-0.25, -0.2) is 10.6 Å². The molecule has 1 aromatic carbocycles. The highest BCUT2D eigenvalue weighted by Gasteiger charge is 2.17. The summed E-state index contributed by atoms with van der Waals surface area (Å²) in [5, 5.41) is 10.0. The Morgan fingerprint density at radius 3 is 2.24 bits per heavy atom. The number of anilines is 1. The molecule has 0 radical (unpaired) electrons. The van der Waals surface area contributed by atoms with Crippen LogP contribution < -0.4 is 21.3 Å². The summed E-state index contributed by atoms with van der Waals surface area (Å²) in [5.74, 6) is 5.19.